The molecule has 1 saturated carbocycles. The average molecular weight is 296 g/mol. The van der Waals surface area contributed by atoms with E-state index in [9.17, 15) is 4.79 Å². The second-order valence-corrected chi connectivity index (χ2v) is 6.79. The maximum absolute atomic E-state index is 12.4. The number of likely N-dealkylation sites (tertiary alicyclic amines) is 1. The van der Waals surface area contributed by atoms with Crippen LogP contribution in [-0.4, -0.2) is 74.9 Å². The van der Waals surface area contributed by atoms with Crippen molar-refractivity contribution in [2.45, 2.75) is 38.2 Å². The maximum atomic E-state index is 12.4. The molecule has 1 amide bonds. The average Bonchev–Trinajstić information content (AvgIpc) is 2.90. The number of methoxy groups -OCH3 is 1. The summed E-state index contributed by atoms with van der Waals surface area (Å²) in [6.45, 7) is 5.51. The lowest BCUT2D eigenvalue weighted by molar-refractivity contribution is -0.138. The molecule has 0 bridgehead atoms. The molecule has 0 radical (unpaired) electrons. The van der Waals surface area contributed by atoms with E-state index in [0.717, 1.165) is 26.2 Å². The van der Waals surface area contributed by atoms with Gasteiger partial charge in [-0.2, -0.15) is 0 Å². The van der Waals surface area contributed by atoms with Gasteiger partial charge in [-0.25, -0.2) is 0 Å². The van der Waals surface area contributed by atoms with E-state index >= 15 is 0 Å². The molecule has 1 spiro atoms. The molecule has 5 nitrogen and oxygen atoms in total. The summed E-state index contributed by atoms with van der Waals surface area (Å²) in [5, 5.41) is 0. The van der Waals surface area contributed by atoms with Crippen LogP contribution < -0.4 is 0 Å². The third-order valence-electron chi connectivity index (χ3n) is 5.52. The van der Waals surface area contributed by atoms with Gasteiger partial charge in [-0.1, -0.05) is 6.42 Å². The zero-order chi connectivity index (χ0) is 14.7. The van der Waals surface area contributed by atoms with Crippen LogP contribution >= 0.6 is 0 Å². The molecule has 0 N–H and O–H groups in total. The van der Waals surface area contributed by atoms with E-state index in [2.05, 4.69) is 4.90 Å². The minimum absolute atomic E-state index is 0.266. The van der Waals surface area contributed by atoms with Crippen molar-refractivity contribution in [3.63, 3.8) is 0 Å². The molecular weight excluding hydrogens is 268 g/mol. The van der Waals surface area contributed by atoms with E-state index in [1.165, 1.54) is 32.1 Å². The highest BCUT2D eigenvalue weighted by atomic mass is 16.5. The van der Waals surface area contributed by atoms with Gasteiger partial charge in [0.1, 0.15) is 0 Å². The van der Waals surface area contributed by atoms with E-state index in [1.54, 1.807) is 0 Å². The van der Waals surface area contributed by atoms with Crippen LogP contribution in [0, 0.1) is 5.41 Å². The van der Waals surface area contributed by atoms with Crippen molar-refractivity contribution in [3.8, 4) is 0 Å². The smallest absolute Gasteiger partial charge is 0.236 e. The topological polar surface area (TPSA) is 42.0 Å². The molecule has 2 saturated heterocycles. The van der Waals surface area contributed by atoms with Crippen molar-refractivity contribution in [1.82, 2.24) is 9.80 Å². The van der Waals surface area contributed by atoms with Crippen LogP contribution in [-0.2, 0) is 14.3 Å². The lowest BCUT2D eigenvalue weighted by atomic mass is 9.76. The number of carbonyl (C=O) groups excluding carboxylic acids is 1. The monoisotopic (exact) mass is 296 g/mol. The molecule has 3 fully saturated rings. The van der Waals surface area contributed by atoms with Gasteiger partial charge in [0.15, 0.2) is 0 Å². The number of carbonyl (C=O) groups is 1. The van der Waals surface area contributed by atoms with E-state index in [4.69, 9.17) is 9.47 Å². The largest absolute Gasteiger partial charge is 0.381 e. The number of rotatable bonds is 3. The molecule has 120 valence electrons. The van der Waals surface area contributed by atoms with Crippen LogP contribution in [0.25, 0.3) is 0 Å². The van der Waals surface area contributed by atoms with Gasteiger partial charge in [-0.05, 0) is 32.2 Å². The van der Waals surface area contributed by atoms with Gasteiger partial charge in [-0.3, -0.25) is 9.69 Å². The molecule has 2 heterocycles. The zero-order valence-corrected chi connectivity index (χ0v) is 13.2. The fourth-order valence-electron chi connectivity index (χ4n) is 4.44. The molecule has 0 aromatic rings. The third-order valence-corrected chi connectivity index (χ3v) is 5.52. The standard InChI is InChI=1S/C16H28N2O3/c1-20-14-4-2-5-16(14)6-3-7-17(13-16)12-15(19)18-8-10-21-11-9-18/h14H,2-13H2,1H3/t14-,16+/m1/s1. The first kappa shape index (κ1) is 15.3. The van der Waals surface area contributed by atoms with Crippen LogP contribution in [0.15, 0.2) is 0 Å². The van der Waals surface area contributed by atoms with Crippen molar-refractivity contribution in [3.05, 3.63) is 0 Å². The molecule has 3 aliphatic rings. The fraction of sp³-hybridized carbons (Fsp3) is 0.938. The second-order valence-electron chi connectivity index (χ2n) is 6.79. The van der Waals surface area contributed by atoms with Crippen LogP contribution in [0.2, 0.25) is 0 Å². The minimum atomic E-state index is 0.266. The first-order chi connectivity index (χ1) is 10.2. The zero-order valence-electron chi connectivity index (χ0n) is 13.2. The van der Waals surface area contributed by atoms with Gasteiger partial charge in [0, 0.05) is 32.2 Å². The van der Waals surface area contributed by atoms with E-state index < -0.39 is 0 Å². The Morgan fingerprint density at radius 3 is 2.76 bits per heavy atom. The summed E-state index contributed by atoms with van der Waals surface area (Å²) in [7, 11) is 1.84. The first-order valence-corrected chi connectivity index (χ1v) is 8.34. The molecule has 0 aromatic carbocycles. The van der Waals surface area contributed by atoms with Crippen LogP contribution in [0.1, 0.15) is 32.1 Å². The van der Waals surface area contributed by atoms with Gasteiger partial charge in [0.2, 0.25) is 5.91 Å². The quantitative estimate of drug-likeness (QED) is 0.783. The van der Waals surface area contributed by atoms with Crippen LogP contribution in [0.3, 0.4) is 0 Å². The Balaban J connectivity index is 1.57. The molecule has 3 rings (SSSR count). The lowest BCUT2D eigenvalue weighted by Crippen LogP contribution is -2.52. The Bertz CT molecular complexity index is 371. The predicted molar refractivity (Wildman–Crippen MR) is 80.2 cm³/mol. The number of piperidine rings is 1. The van der Waals surface area contributed by atoms with E-state index in [0.29, 0.717) is 31.3 Å². The first-order valence-electron chi connectivity index (χ1n) is 8.34. The molecule has 2 atom stereocenters. The summed E-state index contributed by atoms with van der Waals surface area (Å²) in [5.74, 6) is 0.266. The SMILES string of the molecule is CO[C@@H]1CCC[C@@]12CCCN(CC(=O)N1CCOCC1)C2. The second kappa shape index (κ2) is 6.63. The lowest BCUT2D eigenvalue weighted by Gasteiger charge is -2.44. The Hall–Kier alpha value is -0.650. The van der Waals surface area contributed by atoms with E-state index in [-0.39, 0.29) is 5.91 Å². The van der Waals surface area contributed by atoms with Crippen molar-refractivity contribution in [1.29, 1.82) is 0 Å². The third kappa shape index (κ3) is 3.25. The summed E-state index contributed by atoms with van der Waals surface area (Å²) in [6.07, 6.45) is 6.54. The van der Waals surface area contributed by atoms with Crippen molar-refractivity contribution >= 4 is 5.91 Å². The Morgan fingerprint density at radius 2 is 2.00 bits per heavy atom. The number of morpholine rings is 1. The number of nitrogens with zero attached hydrogens (tertiary/aromatic N) is 2. The minimum Gasteiger partial charge on any atom is -0.381 e. The van der Waals surface area contributed by atoms with Crippen molar-refractivity contribution in [2.24, 2.45) is 5.41 Å². The Morgan fingerprint density at radius 1 is 1.24 bits per heavy atom. The highest BCUT2D eigenvalue weighted by Crippen LogP contribution is 2.46. The Kier molecular flexibility index (Phi) is 4.82. The molecule has 1 aliphatic carbocycles. The predicted octanol–water partition coefficient (Wildman–Crippen LogP) is 1.13. The molecule has 0 aromatic heterocycles. The number of hydrogen-bond donors (Lipinski definition) is 0. The van der Waals surface area contributed by atoms with Gasteiger partial charge in [0.25, 0.3) is 0 Å². The molecule has 2 aliphatic heterocycles. The molecule has 5 heteroatoms. The van der Waals surface area contributed by atoms with Crippen LogP contribution in [0.4, 0.5) is 0 Å². The number of amides is 1. The number of ether oxygens (including phenoxy) is 2. The molecule has 21 heavy (non-hydrogen) atoms. The maximum Gasteiger partial charge on any atom is 0.236 e. The molecule has 0 unspecified atom stereocenters. The summed E-state index contributed by atoms with van der Waals surface area (Å²) >= 11 is 0. The summed E-state index contributed by atoms with van der Waals surface area (Å²) in [4.78, 5) is 16.7. The normalized spacial score (nSPS) is 34.5. The summed E-state index contributed by atoms with van der Waals surface area (Å²) in [5.41, 5.74) is 0.304. The fourth-order valence-corrected chi connectivity index (χ4v) is 4.44. The van der Waals surface area contributed by atoms with Gasteiger partial charge in [-0.15, -0.1) is 0 Å². The summed E-state index contributed by atoms with van der Waals surface area (Å²) in [6, 6.07) is 0. The van der Waals surface area contributed by atoms with Gasteiger partial charge in [0.05, 0.1) is 25.9 Å². The highest BCUT2D eigenvalue weighted by molar-refractivity contribution is 5.78. The van der Waals surface area contributed by atoms with E-state index in [1.807, 2.05) is 12.0 Å². The van der Waals surface area contributed by atoms with Crippen molar-refractivity contribution < 1.29 is 14.3 Å². The number of hydrogen-bond acceptors (Lipinski definition) is 4. The van der Waals surface area contributed by atoms with Crippen LogP contribution in [0.5, 0.6) is 0 Å². The Labute approximate surface area is 127 Å². The molecular formula is C16H28N2O3. The van der Waals surface area contributed by atoms with Crippen molar-refractivity contribution in [2.75, 3.05) is 53.0 Å². The van der Waals surface area contributed by atoms with Gasteiger partial charge < -0.3 is 14.4 Å². The van der Waals surface area contributed by atoms with Gasteiger partial charge >= 0.3 is 0 Å². The summed E-state index contributed by atoms with van der Waals surface area (Å²) < 4.78 is 11.1. The highest BCUT2D eigenvalue weighted by Gasteiger charge is 2.46.